The number of fused-ring (bicyclic) bond motifs is 13. The van der Waals surface area contributed by atoms with E-state index in [2.05, 4.69) is 322 Å². The van der Waals surface area contributed by atoms with Crippen LogP contribution in [0.5, 0.6) is 0 Å². The molecular weight excluding hydrogens is 1040 g/mol. The van der Waals surface area contributed by atoms with Crippen molar-refractivity contribution in [3.63, 3.8) is 0 Å². The molecule has 0 fully saturated rings. The molecule has 4 nitrogen and oxygen atoms in total. The van der Waals surface area contributed by atoms with Gasteiger partial charge in [-0.1, -0.05) is 212 Å². The van der Waals surface area contributed by atoms with Gasteiger partial charge in [0.2, 0.25) is 0 Å². The van der Waals surface area contributed by atoms with E-state index in [0.29, 0.717) is 0 Å². The van der Waals surface area contributed by atoms with E-state index in [1.54, 1.807) is 0 Å². The molecule has 4 heteroatoms. The number of hydrogen-bond donors (Lipinski definition) is 0. The Labute approximate surface area is 497 Å². The molecule has 0 saturated carbocycles. The van der Waals surface area contributed by atoms with Crippen molar-refractivity contribution < 1.29 is 0 Å². The lowest BCUT2D eigenvalue weighted by Gasteiger charge is -2.25. The quantitative estimate of drug-likeness (QED) is 0.145. The number of para-hydroxylation sites is 7. The molecule has 4 aromatic heterocycles. The highest BCUT2D eigenvalue weighted by Crippen LogP contribution is 2.52. The lowest BCUT2D eigenvalue weighted by molar-refractivity contribution is 0.888. The zero-order valence-electron chi connectivity index (χ0n) is 47.1. The van der Waals surface area contributed by atoms with Gasteiger partial charge in [-0.2, -0.15) is 0 Å². The van der Waals surface area contributed by atoms with E-state index >= 15 is 0 Å². The summed E-state index contributed by atoms with van der Waals surface area (Å²) in [5, 5.41) is 11.2. The van der Waals surface area contributed by atoms with Crippen molar-refractivity contribution in [2.75, 3.05) is 0 Å². The first-order valence-corrected chi connectivity index (χ1v) is 30.0. The molecule has 0 atom stereocenters. The number of hydrogen-bond acceptors (Lipinski definition) is 0. The fraction of sp³-hybridized carbons (Fsp3) is 0.0244. The van der Waals surface area contributed by atoms with Crippen LogP contribution in [0, 0.1) is 0 Å². The SMILES string of the molecule is C1=Cc2c(n(-c3ccc(-c4c(-c5ccc(-n6c7ccccc7c7ccccc76)cc5)c(-c5ccc(-n6c7ccccc7c7ccccc76)cc5)c5ccccc5c4-c4ccc(-n5c6ccccc6c6ccccc65)cc4)cc3)c3ccccc23)CC1. The van der Waals surface area contributed by atoms with Crippen molar-refractivity contribution in [3.8, 4) is 67.3 Å². The zero-order valence-corrected chi connectivity index (χ0v) is 47.1. The van der Waals surface area contributed by atoms with Crippen LogP contribution in [0.25, 0.3) is 160 Å². The molecule has 0 radical (unpaired) electrons. The molecule has 0 aliphatic heterocycles. The van der Waals surface area contributed by atoms with Crippen LogP contribution in [-0.4, -0.2) is 18.3 Å². The number of benzene rings is 13. The molecule has 0 unspecified atom stereocenters. The minimum Gasteiger partial charge on any atom is -0.313 e. The Morgan fingerprint density at radius 1 is 0.209 bits per heavy atom. The van der Waals surface area contributed by atoms with Crippen LogP contribution in [0.2, 0.25) is 0 Å². The normalized spacial score (nSPS) is 12.5. The van der Waals surface area contributed by atoms with E-state index in [9.17, 15) is 0 Å². The van der Waals surface area contributed by atoms with Gasteiger partial charge in [0.25, 0.3) is 0 Å². The van der Waals surface area contributed by atoms with Gasteiger partial charge in [-0.15, -0.1) is 0 Å². The lowest BCUT2D eigenvalue weighted by Crippen LogP contribution is -2.03. The third-order valence-electron chi connectivity index (χ3n) is 18.5. The highest BCUT2D eigenvalue weighted by atomic mass is 15.0. The summed E-state index contributed by atoms with van der Waals surface area (Å²) in [4.78, 5) is 0. The van der Waals surface area contributed by atoms with Gasteiger partial charge in [0, 0.05) is 71.7 Å². The van der Waals surface area contributed by atoms with Gasteiger partial charge in [0.05, 0.1) is 38.6 Å². The van der Waals surface area contributed by atoms with Crippen LogP contribution in [0.4, 0.5) is 0 Å². The van der Waals surface area contributed by atoms with Crippen LogP contribution in [0.3, 0.4) is 0 Å². The maximum atomic E-state index is 2.51. The average molecular weight is 1100 g/mol. The molecule has 0 bridgehead atoms. The molecule has 13 aromatic carbocycles. The zero-order chi connectivity index (χ0) is 56.4. The second-order valence-electron chi connectivity index (χ2n) is 23.0. The van der Waals surface area contributed by atoms with Gasteiger partial charge in [-0.05, 0) is 159 Å². The molecule has 0 spiro atoms. The highest BCUT2D eigenvalue weighted by molar-refractivity contribution is 6.19. The maximum absolute atomic E-state index is 2.51. The van der Waals surface area contributed by atoms with E-state index in [-0.39, 0.29) is 0 Å². The molecule has 402 valence electrons. The minimum atomic E-state index is 0.995. The fourth-order valence-corrected chi connectivity index (χ4v) is 14.8. The molecular formula is C82H54N4. The summed E-state index contributed by atoms with van der Waals surface area (Å²) in [6.45, 7) is 0. The molecule has 4 heterocycles. The van der Waals surface area contributed by atoms with E-state index in [1.165, 1.54) is 121 Å². The smallest absolute Gasteiger partial charge is 0.0541 e. The molecule has 18 rings (SSSR count). The number of nitrogens with zero attached hydrogens (tertiary/aromatic N) is 4. The van der Waals surface area contributed by atoms with Crippen molar-refractivity contribution in [2.45, 2.75) is 12.8 Å². The monoisotopic (exact) mass is 1090 g/mol. The highest BCUT2D eigenvalue weighted by Gasteiger charge is 2.26. The standard InChI is InChI=1S/C82H54N4/c1-2-28-70-69(27-1)79(53-37-45-57(46-38-53)83-71-29-11-3-19-61(71)62-20-4-12-30-72(62)83)81(55-41-49-59(50-42-55)85-75-33-15-7-23-65(75)66-24-8-16-34-76(66)85)82(56-43-51-60(52-44-56)86-77-35-17-9-25-67(77)68-26-10-18-36-78(68)86)80(70)54-39-47-58(48-40-54)84-73-31-13-5-21-63(73)64-22-6-14-32-74(64)84/h1-17,19-35,37-52H,18,36H2. The number of aromatic nitrogens is 4. The Morgan fingerprint density at radius 2 is 0.453 bits per heavy atom. The predicted octanol–water partition coefficient (Wildman–Crippen LogP) is 21.7. The molecule has 1 aliphatic carbocycles. The summed E-state index contributed by atoms with van der Waals surface area (Å²) in [5.41, 5.74) is 25.0. The van der Waals surface area contributed by atoms with Gasteiger partial charge in [-0.25, -0.2) is 0 Å². The molecule has 0 amide bonds. The Hall–Kier alpha value is -11.2. The van der Waals surface area contributed by atoms with Gasteiger partial charge in [0.15, 0.2) is 0 Å². The molecule has 1 aliphatic rings. The van der Waals surface area contributed by atoms with E-state index < -0.39 is 0 Å². The van der Waals surface area contributed by atoms with Crippen molar-refractivity contribution in [3.05, 3.63) is 309 Å². The second kappa shape index (κ2) is 19.2. The van der Waals surface area contributed by atoms with Crippen molar-refractivity contribution in [1.82, 2.24) is 18.3 Å². The maximum Gasteiger partial charge on any atom is 0.0541 e. The molecule has 17 aromatic rings. The topological polar surface area (TPSA) is 19.7 Å². The largest absolute Gasteiger partial charge is 0.313 e. The summed E-state index contributed by atoms with van der Waals surface area (Å²) in [7, 11) is 0. The molecule has 86 heavy (non-hydrogen) atoms. The summed E-state index contributed by atoms with van der Waals surface area (Å²) >= 11 is 0. The lowest BCUT2D eigenvalue weighted by atomic mass is 9.79. The van der Waals surface area contributed by atoms with Crippen molar-refractivity contribution in [2.24, 2.45) is 0 Å². The van der Waals surface area contributed by atoms with Gasteiger partial charge in [-0.3, -0.25) is 0 Å². The van der Waals surface area contributed by atoms with Crippen LogP contribution >= 0.6 is 0 Å². The van der Waals surface area contributed by atoms with Crippen LogP contribution < -0.4 is 0 Å². The summed E-state index contributed by atoms with van der Waals surface area (Å²) in [5.74, 6) is 0. The van der Waals surface area contributed by atoms with E-state index in [1.807, 2.05) is 0 Å². The van der Waals surface area contributed by atoms with Crippen molar-refractivity contribution >= 4 is 93.2 Å². The summed E-state index contributed by atoms with van der Waals surface area (Å²) in [6, 6.07) is 108. The Bertz CT molecular complexity index is 5450. The first-order chi connectivity index (χ1) is 42.7. The van der Waals surface area contributed by atoms with Gasteiger partial charge in [0.1, 0.15) is 0 Å². The first kappa shape index (κ1) is 48.3. The molecule has 0 saturated heterocycles. The Morgan fingerprint density at radius 3 is 0.767 bits per heavy atom. The summed E-state index contributed by atoms with van der Waals surface area (Å²) in [6.07, 6.45) is 6.68. The number of allylic oxidation sites excluding steroid dienone is 1. The molecule has 0 N–H and O–H groups in total. The number of rotatable bonds is 8. The average Bonchev–Trinajstić information content (AvgIpc) is 2.48. The van der Waals surface area contributed by atoms with Crippen LogP contribution in [0.1, 0.15) is 17.7 Å². The van der Waals surface area contributed by atoms with Crippen LogP contribution in [0.15, 0.2) is 297 Å². The van der Waals surface area contributed by atoms with Gasteiger partial charge < -0.3 is 18.3 Å². The van der Waals surface area contributed by atoms with Crippen molar-refractivity contribution in [1.29, 1.82) is 0 Å². The van der Waals surface area contributed by atoms with E-state index in [4.69, 9.17) is 0 Å². The Balaban J connectivity index is 0.907. The minimum absolute atomic E-state index is 0.995. The fourth-order valence-electron chi connectivity index (χ4n) is 14.8. The Kier molecular flexibility index (Phi) is 10.8. The van der Waals surface area contributed by atoms with Crippen LogP contribution in [-0.2, 0) is 6.42 Å². The first-order valence-electron chi connectivity index (χ1n) is 30.0. The third kappa shape index (κ3) is 7.23. The third-order valence-corrected chi connectivity index (χ3v) is 18.5. The second-order valence-corrected chi connectivity index (χ2v) is 23.0. The van der Waals surface area contributed by atoms with E-state index in [0.717, 1.165) is 57.8 Å². The van der Waals surface area contributed by atoms with Gasteiger partial charge >= 0.3 is 0 Å². The predicted molar refractivity (Wildman–Crippen MR) is 363 cm³/mol. The summed E-state index contributed by atoms with van der Waals surface area (Å²) < 4.78 is 9.76.